The summed E-state index contributed by atoms with van der Waals surface area (Å²) in [5.74, 6) is 1.32. The van der Waals surface area contributed by atoms with Crippen molar-refractivity contribution >= 4 is 21.6 Å². The zero-order valence-electron chi connectivity index (χ0n) is 19.6. The van der Waals surface area contributed by atoms with E-state index in [0.29, 0.717) is 12.2 Å². The quantitative estimate of drug-likeness (QED) is 0.346. The summed E-state index contributed by atoms with van der Waals surface area (Å²) in [7, 11) is 1.66. The molecule has 7 nitrogen and oxygen atoms in total. The van der Waals surface area contributed by atoms with Crippen LogP contribution >= 0.6 is 11.3 Å². The predicted molar refractivity (Wildman–Crippen MR) is 140 cm³/mol. The predicted octanol–water partition coefficient (Wildman–Crippen LogP) is 4.70. The van der Waals surface area contributed by atoms with Crippen molar-refractivity contribution in [1.82, 2.24) is 19.9 Å². The summed E-state index contributed by atoms with van der Waals surface area (Å²) in [4.78, 5) is 19.5. The van der Waals surface area contributed by atoms with E-state index in [0.717, 1.165) is 48.8 Å². The first-order valence-electron chi connectivity index (χ1n) is 11.3. The van der Waals surface area contributed by atoms with Gasteiger partial charge >= 0.3 is 0 Å². The number of nitrogens with two attached hydrogens (primary N) is 2. The van der Waals surface area contributed by atoms with Crippen LogP contribution in [-0.4, -0.2) is 33.1 Å². The number of rotatable bonds is 7. The lowest BCUT2D eigenvalue weighted by atomic mass is 9.97. The molecule has 5 aromatic rings. The summed E-state index contributed by atoms with van der Waals surface area (Å²) in [5, 5.41) is 0. The Labute approximate surface area is 207 Å². The average Bonchev–Trinajstić information content (AvgIpc) is 3.24. The SMILES string of the molecule is COc1ccncc1-c1c(C)sc2c(C(N)C(N)Cc3ccccc3)nc(-c3ccncc3)nc12. The van der Waals surface area contributed by atoms with Crippen LogP contribution in [0.4, 0.5) is 0 Å². The highest BCUT2D eigenvalue weighted by atomic mass is 32.1. The van der Waals surface area contributed by atoms with Crippen molar-refractivity contribution in [2.45, 2.75) is 25.4 Å². The van der Waals surface area contributed by atoms with Gasteiger partial charge in [0.25, 0.3) is 0 Å². The van der Waals surface area contributed by atoms with Gasteiger partial charge in [0, 0.05) is 52.4 Å². The van der Waals surface area contributed by atoms with Gasteiger partial charge in [0.05, 0.1) is 29.1 Å². The molecule has 0 aliphatic rings. The highest BCUT2D eigenvalue weighted by Crippen LogP contribution is 2.43. The zero-order valence-corrected chi connectivity index (χ0v) is 20.4. The Morgan fingerprint density at radius 2 is 1.69 bits per heavy atom. The van der Waals surface area contributed by atoms with Crippen LogP contribution in [0.1, 0.15) is 22.2 Å². The lowest BCUT2D eigenvalue weighted by Crippen LogP contribution is -2.36. The maximum absolute atomic E-state index is 6.80. The van der Waals surface area contributed by atoms with Crippen molar-refractivity contribution in [2.24, 2.45) is 11.5 Å². The van der Waals surface area contributed by atoms with Gasteiger partial charge in [-0.05, 0) is 37.1 Å². The van der Waals surface area contributed by atoms with E-state index < -0.39 is 6.04 Å². The fourth-order valence-corrected chi connectivity index (χ4v) is 5.39. The van der Waals surface area contributed by atoms with Gasteiger partial charge in [-0.1, -0.05) is 30.3 Å². The van der Waals surface area contributed by atoms with E-state index in [9.17, 15) is 0 Å². The van der Waals surface area contributed by atoms with Crippen LogP contribution in [0.15, 0.2) is 73.3 Å². The summed E-state index contributed by atoms with van der Waals surface area (Å²) < 4.78 is 6.57. The topological polar surface area (TPSA) is 113 Å². The first-order chi connectivity index (χ1) is 17.1. The van der Waals surface area contributed by atoms with Gasteiger partial charge < -0.3 is 16.2 Å². The molecule has 0 bridgehead atoms. The standard InChI is InChI=1S/C27H26N6OS/c1-16-22(19-15-31-13-10-21(19)34-2)24-26(35-16)25(33-27(32-24)18-8-11-30-12-9-18)23(29)20(28)14-17-6-4-3-5-7-17/h3-13,15,20,23H,14,28-29H2,1-2H3. The van der Waals surface area contributed by atoms with Crippen LogP contribution in [0.3, 0.4) is 0 Å². The minimum atomic E-state index is -0.483. The number of aryl methyl sites for hydroxylation is 1. The number of hydrogen-bond donors (Lipinski definition) is 2. The Morgan fingerprint density at radius 3 is 2.43 bits per heavy atom. The molecule has 0 aliphatic heterocycles. The van der Waals surface area contributed by atoms with Gasteiger partial charge in [0.1, 0.15) is 5.75 Å². The smallest absolute Gasteiger partial charge is 0.160 e. The molecule has 176 valence electrons. The van der Waals surface area contributed by atoms with E-state index in [4.69, 9.17) is 26.2 Å². The van der Waals surface area contributed by atoms with E-state index in [2.05, 4.69) is 29.0 Å². The van der Waals surface area contributed by atoms with Gasteiger partial charge in [-0.25, -0.2) is 9.97 Å². The number of thiophene rings is 1. The maximum atomic E-state index is 6.80. The number of hydrogen-bond acceptors (Lipinski definition) is 8. The largest absolute Gasteiger partial charge is 0.496 e. The van der Waals surface area contributed by atoms with Crippen LogP contribution < -0.4 is 16.2 Å². The van der Waals surface area contributed by atoms with Crippen molar-refractivity contribution in [1.29, 1.82) is 0 Å². The number of fused-ring (bicyclic) bond motifs is 1. The second kappa shape index (κ2) is 9.87. The van der Waals surface area contributed by atoms with Crippen LogP contribution in [0.25, 0.3) is 32.7 Å². The van der Waals surface area contributed by atoms with Gasteiger partial charge in [0.15, 0.2) is 5.82 Å². The lowest BCUT2D eigenvalue weighted by molar-refractivity contribution is 0.416. The van der Waals surface area contributed by atoms with Crippen LogP contribution in [0, 0.1) is 6.92 Å². The molecular weight excluding hydrogens is 456 g/mol. The lowest BCUT2D eigenvalue weighted by Gasteiger charge is -2.21. The third-order valence-electron chi connectivity index (χ3n) is 6.04. The van der Waals surface area contributed by atoms with E-state index in [1.165, 1.54) is 0 Å². The average molecular weight is 483 g/mol. The fraction of sp³-hybridized carbons (Fsp3) is 0.185. The molecule has 4 N–H and O–H groups in total. The van der Waals surface area contributed by atoms with Gasteiger partial charge in [-0.15, -0.1) is 11.3 Å². The van der Waals surface area contributed by atoms with Gasteiger partial charge in [0.2, 0.25) is 0 Å². The van der Waals surface area contributed by atoms with Crippen LogP contribution in [0.2, 0.25) is 0 Å². The highest BCUT2D eigenvalue weighted by Gasteiger charge is 2.26. The molecule has 2 unspecified atom stereocenters. The minimum Gasteiger partial charge on any atom is -0.496 e. The Kier molecular flexibility index (Phi) is 6.50. The Bertz CT molecular complexity index is 1460. The third-order valence-corrected chi connectivity index (χ3v) is 7.15. The van der Waals surface area contributed by atoms with Crippen LogP contribution in [-0.2, 0) is 6.42 Å². The summed E-state index contributed by atoms with van der Waals surface area (Å²) in [6.45, 7) is 2.07. The molecule has 0 radical (unpaired) electrons. The van der Waals surface area contributed by atoms with Gasteiger partial charge in [-0.3, -0.25) is 9.97 Å². The monoisotopic (exact) mass is 482 g/mol. The normalized spacial score (nSPS) is 13.0. The molecule has 2 atom stereocenters. The first-order valence-corrected chi connectivity index (χ1v) is 12.1. The second-order valence-electron chi connectivity index (χ2n) is 8.33. The molecule has 8 heteroatoms. The molecule has 35 heavy (non-hydrogen) atoms. The zero-order chi connectivity index (χ0) is 24.4. The summed E-state index contributed by atoms with van der Waals surface area (Å²) in [6.07, 6.45) is 7.63. The number of pyridine rings is 2. The molecular formula is C27H26N6OS. The number of benzene rings is 1. The first kappa shape index (κ1) is 23.0. The highest BCUT2D eigenvalue weighted by molar-refractivity contribution is 7.19. The molecule has 0 saturated carbocycles. The number of aromatic nitrogens is 4. The Hall–Kier alpha value is -3.72. The molecule has 0 amide bonds. The molecule has 4 aromatic heterocycles. The molecule has 0 aliphatic carbocycles. The van der Waals surface area contributed by atoms with Crippen molar-refractivity contribution in [2.75, 3.05) is 7.11 Å². The third kappa shape index (κ3) is 4.51. The fourth-order valence-electron chi connectivity index (χ4n) is 4.25. The van der Waals surface area contributed by atoms with Crippen molar-refractivity contribution in [3.63, 3.8) is 0 Å². The van der Waals surface area contributed by atoms with Crippen molar-refractivity contribution in [3.8, 4) is 28.3 Å². The summed E-state index contributed by atoms with van der Waals surface area (Å²) in [5.41, 5.74) is 18.8. The molecule has 4 heterocycles. The molecule has 1 aromatic carbocycles. The molecule has 0 saturated heterocycles. The molecule has 0 spiro atoms. The van der Waals surface area contributed by atoms with Crippen LogP contribution in [0.5, 0.6) is 5.75 Å². The maximum Gasteiger partial charge on any atom is 0.160 e. The van der Waals surface area contributed by atoms with E-state index >= 15 is 0 Å². The number of methoxy groups -OCH3 is 1. The Balaban J connectivity index is 1.70. The van der Waals surface area contributed by atoms with Gasteiger partial charge in [-0.2, -0.15) is 0 Å². The molecule has 5 rings (SSSR count). The minimum absolute atomic E-state index is 0.320. The summed E-state index contributed by atoms with van der Waals surface area (Å²) >= 11 is 1.62. The van der Waals surface area contributed by atoms with E-state index in [1.54, 1.807) is 37.0 Å². The van der Waals surface area contributed by atoms with Crippen molar-refractivity contribution in [3.05, 3.63) is 89.5 Å². The number of nitrogens with zero attached hydrogens (tertiary/aromatic N) is 4. The number of ether oxygens (including phenoxy) is 1. The molecule has 0 fully saturated rings. The Morgan fingerprint density at radius 1 is 0.943 bits per heavy atom. The van der Waals surface area contributed by atoms with E-state index in [1.807, 2.05) is 42.6 Å². The second-order valence-corrected chi connectivity index (χ2v) is 9.56. The van der Waals surface area contributed by atoms with E-state index in [-0.39, 0.29) is 6.04 Å². The van der Waals surface area contributed by atoms with Crippen molar-refractivity contribution < 1.29 is 4.74 Å². The summed E-state index contributed by atoms with van der Waals surface area (Å²) in [6, 6.07) is 15.0.